The van der Waals surface area contributed by atoms with Gasteiger partial charge in [0.1, 0.15) is 5.69 Å². The van der Waals surface area contributed by atoms with E-state index < -0.39 is 16.8 Å². The molecule has 0 aliphatic heterocycles. The van der Waals surface area contributed by atoms with E-state index in [0.29, 0.717) is 12.2 Å². The Kier molecular flexibility index (Phi) is 8.40. The van der Waals surface area contributed by atoms with Crippen LogP contribution < -0.4 is 16.0 Å². The first kappa shape index (κ1) is 23.7. The average Bonchev–Trinajstić information content (AvgIpc) is 3.04. The van der Waals surface area contributed by atoms with E-state index in [1.807, 2.05) is 0 Å². The quantitative estimate of drug-likeness (QED) is 0.227. The Bertz CT molecular complexity index is 992. The number of anilines is 3. The van der Waals surface area contributed by atoms with Crippen LogP contribution >= 0.6 is 11.3 Å². The van der Waals surface area contributed by atoms with Crippen LogP contribution in [0.15, 0.2) is 18.2 Å². The summed E-state index contributed by atoms with van der Waals surface area (Å²) in [6.45, 7) is 3.52. The Morgan fingerprint density at radius 1 is 1.26 bits per heavy atom. The summed E-state index contributed by atoms with van der Waals surface area (Å²) < 4.78 is 5.19. The lowest BCUT2D eigenvalue weighted by molar-refractivity contribution is -0.380. The summed E-state index contributed by atoms with van der Waals surface area (Å²) in [7, 11) is 0. The average molecular weight is 451 g/mol. The highest BCUT2D eigenvalue weighted by atomic mass is 32.1. The van der Waals surface area contributed by atoms with Gasteiger partial charge in [-0.1, -0.05) is 0 Å². The maximum Gasteiger partial charge on any atom is 0.348 e. The molecule has 0 aliphatic carbocycles. The molecule has 1 aromatic heterocycles. The van der Waals surface area contributed by atoms with Gasteiger partial charge in [-0.3, -0.25) is 29.8 Å². The maximum absolute atomic E-state index is 12.7. The molecule has 2 aromatic rings. The van der Waals surface area contributed by atoms with E-state index in [-0.39, 0.29) is 52.6 Å². The number of carboxylic acid groups (broad SMARTS) is 1. The fourth-order valence-corrected chi connectivity index (χ4v) is 3.23. The molecule has 13 heteroatoms. The van der Waals surface area contributed by atoms with E-state index >= 15 is 0 Å². The fourth-order valence-electron chi connectivity index (χ4n) is 2.45. The second-order valence-electron chi connectivity index (χ2n) is 6.25. The number of nitrogens with one attached hydrogen (secondary N) is 3. The van der Waals surface area contributed by atoms with Crippen LogP contribution in [0.25, 0.3) is 0 Å². The molecule has 2 amide bonds. The van der Waals surface area contributed by atoms with Crippen LogP contribution in [-0.2, 0) is 14.3 Å². The summed E-state index contributed by atoms with van der Waals surface area (Å²) in [6.07, 6.45) is -0.0851. The van der Waals surface area contributed by atoms with E-state index in [9.17, 15) is 24.5 Å². The molecule has 0 aliphatic rings. The van der Waals surface area contributed by atoms with Gasteiger partial charge in [0.05, 0.1) is 35.8 Å². The molecule has 0 spiro atoms. The molecule has 2 rings (SSSR count). The van der Waals surface area contributed by atoms with Crippen molar-refractivity contribution < 1.29 is 29.2 Å². The predicted molar refractivity (Wildman–Crippen MR) is 114 cm³/mol. The summed E-state index contributed by atoms with van der Waals surface area (Å²) in [5.74, 6) is -1.91. The van der Waals surface area contributed by atoms with Gasteiger partial charge in [0, 0.05) is 19.2 Å². The van der Waals surface area contributed by atoms with Crippen LogP contribution in [0.5, 0.6) is 0 Å². The number of thiazole rings is 1. The van der Waals surface area contributed by atoms with Crippen molar-refractivity contribution in [2.24, 2.45) is 0 Å². The minimum absolute atomic E-state index is 0.0729. The summed E-state index contributed by atoms with van der Waals surface area (Å²) in [4.78, 5) is 49.0. The number of carbonyl (C=O) groups is 3. The zero-order chi connectivity index (χ0) is 23.0. The van der Waals surface area contributed by atoms with Gasteiger partial charge in [-0.15, -0.1) is 0 Å². The molecule has 0 saturated carbocycles. The zero-order valence-corrected chi connectivity index (χ0v) is 17.6. The second kappa shape index (κ2) is 11.0. The van der Waals surface area contributed by atoms with Crippen molar-refractivity contribution in [1.29, 1.82) is 0 Å². The number of amides is 2. The Morgan fingerprint density at radius 2 is 2.00 bits per heavy atom. The van der Waals surface area contributed by atoms with Crippen LogP contribution in [0.1, 0.15) is 29.4 Å². The third-order valence-electron chi connectivity index (χ3n) is 3.77. The van der Waals surface area contributed by atoms with Crippen LogP contribution in [0.4, 0.5) is 21.5 Å². The number of carboxylic acids is 1. The van der Waals surface area contributed by atoms with Gasteiger partial charge >= 0.3 is 11.0 Å². The molecule has 4 N–H and O–H groups in total. The Labute approximate surface area is 180 Å². The van der Waals surface area contributed by atoms with Crippen molar-refractivity contribution in [3.63, 3.8) is 0 Å². The summed E-state index contributed by atoms with van der Waals surface area (Å²) in [6, 6.07) is 4.67. The van der Waals surface area contributed by atoms with Crippen molar-refractivity contribution in [3.8, 4) is 0 Å². The molecule has 12 nitrogen and oxygen atoms in total. The molecule has 0 bridgehead atoms. The van der Waals surface area contributed by atoms with Crippen LogP contribution in [-0.4, -0.2) is 52.6 Å². The standard InChI is InChI=1S/C18H21N5O7S/c1-10-17(23(28)29)31-18(20-10)22-16(27)13-4-3-12(9-14(13)21-11(2)24)19-6-8-30-7-5-15(25)26/h3-4,9,19H,5-8H2,1-2H3,(H,21,24)(H,25,26)(H,20,22,27). The SMILES string of the molecule is CC(=O)Nc1cc(NCCOCCC(=O)O)ccc1C(=O)Nc1nc(C)c([N+](=O)[O-])s1. The molecular weight excluding hydrogens is 430 g/mol. The van der Waals surface area contributed by atoms with Gasteiger partial charge in [0.25, 0.3) is 5.91 Å². The second-order valence-corrected chi connectivity index (χ2v) is 7.22. The Balaban J connectivity index is 2.07. The molecule has 166 valence electrons. The number of aromatic nitrogens is 1. The zero-order valence-electron chi connectivity index (χ0n) is 16.8. The maximum atomic E-state index is 12.7. The highest BCUT2D eigenvalue weighted by Gasteiger charge is 2.20. The molecule has 1 aromatic carbocycles. The largest absolute Gasteiger partial charge is 0.481 e. The summed E-state index contributed by atoms with van der Waals surface area (Å²) >= 11 is 0.740. The number of aryl methyl sites for hydroxylation is 1. The molecule has 0 unspecified atom stereocenters. The van der Waals surface area contributed by atoms with E-state index in [1.54, 1.807) is 12.1 Å². The smallest absolute Gasteiger partial charge is 0.348 e. The van der Waals surface area contributed by atoms with E-state index in [1.165, 1.54) is 19.9 Å². The number of nitrogens with zero attached hydrogens (tertiary/aromatic N) is 2. The number of benzene rings is 1. The third-order valence-corrected chi connectivity index (χ3v) is 4.79. The molecular formula is C18H21N5O7S. The lowest BCUT2D eigenvalue weighted by atomic mass is 10.1. The monoisotopic (exact) mass is 451 g/mol. The topological polar surface area (TPSA) is 173 Å². The number of carbonyl (C=O) groups excluding carboxylic acids is 2. The summed E-state index contributed by atoms with van der Waals surface area (Å²) in [5, 5.41) is 27.5. The van der Waals surface area contributed by atoms with E-state index in [4.69, 9.17) is 9.84 Å². The van der Waals surface area contributed by atoms with E-state index in [0.717, 1.165) is 11.3 Å². The molecule has 0 fully saturated rings. The first-order valence-corrected chi connectivity index (χ1v) is 9.87. The number of hydrogen-bond acceptors (Lipinski definition) is 9. The molecule has 31 heavy (non-hydrogen) atoms. The van der Waals surface area contributed by atoms with Gasteiger partial charge in [0.2, 0.25) is 5.91 Å². The molecule has 0 atom stereocenters. The molecule has 0 saturated heterocycles. The Hall–Kier alpha value is -3.58. The molecule has 0 radical (unpaired) electrons. The minimum Gasteiger partial charge on any atom is -0.481 e. The highest BCUT2D eigenvalue weighted by Crippen LogP contribution is 2.30. The van der Waals surface area contributed by atoms with Crippen LogP contribution in [0.2, 0.25) is 0 Å². The number of ether oxygens (including phenoxy) is 1. The van der Waals surface area contributed by atoms with Gasteiger partial charge in [0.15, 0.2) is 5.13 Å². The number of rotatable bonds is 11. The Morgan fingerprint density at radius 3 is 2.61 bits per heavy atom. The lowest BCUT2D eigenvalue weighted by Crippen LogP contribution is -2.17. The number of aliphatic carboxylic acids is 1. The first-order chi connectivity index (χ1) is 14.7. The minimum atomic E-state index is -0.940. The normalized spacial score (nSPS) is 10.4. The fraction of sp³-hybridized carbons (Fsp3) is 0.333. The van der Waals surface area contributed by atoms with Gasteiger partial charge < -0.3 is 20.5 Å². The van der Waals surface area contributed by atoms with Gasteiger partial charge in [-0.25, -0.2) is 4.98 Å². The van der Waals surface area contributed by atoms with Crippen molar-refractivity contribution in [2.75, 3.05) is 35.7 Å². The van der Waals surface area contributed by atoms with Gasteiger partial charge in [-0.2, -0.15) is 0 Å². The first-order valence-electron chi connectivity index (χ1n) is 9.05. The van der Waals surface area contributed by atoms with Crippen LogP contribution in [0.3, 0.4) is 0 Å². The highest BCUT2D eigenvalue weighted by molar-refractivity contribution is 7.19. The lowest BCUT2D eigenvalue weighted by Gasteiger charge is -2.13. The van der Waals surface area contributed by atoms with Crippen molar-refractivity contribution in [3.05, 3.63) is 39.6 Å². The third kappa shape index (κ3) is 7.31. The van der Waals surface area contributed by atoms with Crippen molar-refractivity contribution in [1.82, 2.24) is 4.98 Å². The van der Waals surface area contributed by atoms with Gasteiger partial charge in [-0.05, 0) is 36.5 Å². The summed E-state index contributed by atoms with van der Waals surface area (Å²) in [5.41, 5.74) is 1.18. The van der Waals surface area contributed by atoms with Crippen molar-refractivity contribution >= 4 is 50.6 Å². The number of hydrogen-bond donors (Lipinski definition) is 4. The predicted octanol–water partition coefficient (Wildman–Crippen LogP) is 2.47. The van der Waals surface area contributed by atoms with E-state index in [2.05, 4.69) is 20.9 Å². The molecule has 1 heterocycles. The van der Waals surface area contributed by atoms with Crippen molar-refractivity contribution in [2.45, 2.75) is 20.3 Å². The van der Waals surface area contributed by atoms with Crippen LogP contribution in [0, 0.1) is 17.0 Å². The number of nitro groups is 1.